The van der Waals surface area contributed by atoms with E-state index in [1.54, 1.807) is 0 Å². The first kappa shape index (κ1) is 34.1. The van der Waals surface area contributed by atoms with E-state index < -0.39 is 42.1 Å². The van der Waals surface area contributed by atoms with E-state index in [0.29, 0.717) is 26.4 Å². The molecule has 0 spiro atoms. The largest absolute Gasteiger partial charge is 0.417 e. The van der Waals surface area contributed by atoms with Crippen molar-refractivity contribution in [1.29, 1.82) is 0 Å². The van der Waals surface area contributed by atoms with Gasteiger partial charge in [-0.3, -0.25) is 14.4 Å². The molecule has 0 radical (unpaired) electrons. The fourth-order valence-corrected chi connectivity index (χ4v) is 3.78. The number of benzene rings is 1. The molecule has 2 rings (SSSR count). The normalized spacial score (nSPS) is 15.0. The van der Waals surface area contributed by atoms with Crippen molar-refractivity contribution in [3.63, 3.8) is 0 Å². The fourth-order valence-electron chi connectivity index (χ4n) is 3.78. The van der Waals surface area contributed by atoms with Gasteiger partial charge in [0, 0.05) is 26.2 Å². The second-order valence-corrected chi connectivity index (χ2v) is 10.1. The van der Waals surface area contributed by atoms with Crippen LogP contribution in [0.4, 0.5) is 4.79 Å². The number of hydrogen-bond acceptors (Lipinski definition) is 9. The molecular weight excluding hydrogens is 534 g/mol. The highest BCUT2D eigenvalue weighted by Gasteiger charge is 2.33. The van der Waals surface area contributed by atoms with Gasteiger partial charge in [0.25, 0.3) is 5.91 Å². The highest BCUT2D eigenvalue weighted by atomic mass is 16.7. The molecule has 0 bridgehead atoms. The Balaban J connectivity index is 1.94. The average Bonchev–Trinajstić information content (AvgIpc) is 3.76. The second-order valence-electron chi connectivity index (χ2n) is 10.1. The van der Waals surface area contributed by atoms with Crippen molar-refractivity contribution in [3.8, 4) is 0 Å². The molecule has 1 aliphatic carbocycles. The Kier molecular flexibility index (Phi) is 15.9. The molecule has 12 nitrogen and oxygen atoms in total. The highest BCUT2D eigenvalue weighted by molar-refractivity contribution is 6.38. The molecule has 1 aromatic carbocycles. The smallest absolute Gasteiger partial charge is 0.410 e. The zero-order valence-corrected chi connectivity index (χ0v) is 24.5. The van der Waals surface area contributed by atoms with E-state index in [-0.39, 0.29) is 38.0 Å². The summed E-state index contributed by atoms with van der Waals surface area (Å²) in [7, 11) is 1.37. The van der Waals surface area contributed by atoms with Crippen molar-refractivity contribution in [2.24, 2.45) is 5.92 Å². The maximum atomic E-state index is 13.3. The molecule has 3 N–H and O–H groups in total. The lowest BCUT2D eigenvalue weighted by Crippen LogP contribution is -2.55. The molecule has 1 saturated carbocycles. The summed E-state index contributed by atoms with van der Waals surface area (Å²) in [6, 6.07) is 6.96. The highest BCUT2D eigenvalue weighted by Crippen LogP contribution is 2.18. The SMILES string of the molecule is CCOCCOCCOCC(OC)OC(=O)NC(CC(C)C)C(=O)NC(Cc1ccccc1)C(=O)C(=O)NC1CC1. The summed E-state index contributed by atoms with van der Waals surface area (Å²) >= 11 is 0. The van der Waals surface area contributed by atoms with E-state index >= 15 is 0 Å². The lowest BCUT2D eigenvalue weighted by molar-refractivity contribution is -0.140. The number of nitrogens with one attached hydrogen (secondary N) is 3. The van der Waals surface area contributed by atoms with E-state index in [1.165, 1.54) is 7.11 Å². The van der Waals surface area contributed by atoms with Gasteiger partial charge in [-0.15, -0.1) is 0 Å². The Morgan fingerprint density at radius 3 is 2.17 bits per heavy atom. The van der Waals surface area contributed by atoms with Gasteiger partial charge < -0.3 is 39.6 Å². The summed E-state index contributed by atoms with van der Waals surface area (Å²) in [4.78, 5) is 51.6. The van der Waals surface area contributed by atoms with Gasteiger partial charge in [0.1, 0.15) is 18.7 Å². The number of alkyl carbamates (subject to hydrolysis) is 1. The number of ether oxygens (including phenoxy) is 5. The predicted molar refractivity (Wildman–Crippen MR) is 150 cm³/mol. The van der Waals surface area contributed by atoms with Gasteiger partial charge in [0.05, 0.1) is 26.4 Å². The van der Waals surface area contributed by atoms with Crippen LogP contribution < -0.4 is 16.0 Å². The van der Waals surface area contributed by atoms with Crippen LogP contribution in [-0.2, 0) is 44.5 Å². The van der Waals surface area contributed by atoms with Gasteiger partial charge in [-0.2, -0.15) is 0 Å². The molecule has 1 aromatic rings. The predicted octanol–water partition coefficient (Wildman–Crippen LogP) is 1.74. The minimum Gasteiger partial charge on any atom is -0.417 e. The average molecular weight is 580 g/mol. The third-order valence-corrected chi connectivity index (χ3v) is 6.07. The zero-order chi connectivity index (χ0) is 30.0. The summed E-state index contributed by atoms with van der Waals surface area (Å²) in [5.41, 5.74) is 0.778. The summed E-state index contributed by atoms with van der Waals surface area (Å²) in [6.45, 7) is 7.83. The van der Waals surface area contributed by atoms with Gasteiger partial charge in [-0.05, 0) is 37.7 Å². The van der Waals surface area contributed by atoms with Crippen LogP contribution >= 0.6 is 0 Å². The molecule has 1 aliphatic rings. The number of carbonyl (C=O) groups excluding carboxylic acids is 4. The van der Waals surface area contributed by atoms with Crippen LogP contribution in [0.3, 0.4) is 0 Å². The Morgan fingerprint density at radius 1 is 0.902 bits per heavy atom. The maximum Gasteiger partial charge on any atom is 0.410 e. The van der Waals surface area contributed by atoms with Crippen LogP contribution in [0, 0.1) is 5.92 Å². The number of rotatable bonds is 21. The lowest BCUT2D eigenvalue weighted by atomic mass is 9.99. The summed E-state index contributed by atoms with van der Waals surface area (Å²) in [5, 5.41) is 7.93. The van der Waals surface area contributed by atoms with Crippen molar-refractivity contribution < 1.29 is 42.9 Å². The molecule has 0 saturated heterocycles. The third-order valence-electron chi connectivity index (χ3n) is 6.07. The van der Waals surface area contributed by atoms with Crippen molar-refractivity contribution in [2.45, 2.75) is 70.9 Å². The van der Waals surface area contributed by atoms with Crippen molar-refractivity contribution in [1.82, 2.24) is 16.0 Å². The third kappa shape index (κ3) is 14.4. The molecule has 0 aromatic heterocycles. The molecule has 230 valence electrons. The summed E-state index contributed by atoms with van der Waals surface area (Å²) in [6.07, 6.45) is 0.154. The van der Waals surface area contributed by atoms with Crippen LogP contribution in [0.5, 0.6) is 0 Å². The van der Waals surface area contributed by atoms with E-state index in [4.69, 9.17) is 23.7 Å². The van der Waals surface area contributed by atoms with Crippen molar-refractivity contribution >= 4 is 23.7 Å². The standard InChI is InChI=1S/C29H45N3O9/c1-5-38-13-14-39-15-16-40-19-25(37-4)41-29(36)32-24(17-20(2)3)27(34)31-23(18-21-9-7-6-8-10-21)26(33)28(35)30-22-11-12-22/h6-10,20,22-25H,5,11-19H2,1-4H3,(H,30,35)(H,31,34)(H,32,36). The summed E-state index contributed by atoms with van der Waals surface area (Å²) in [5.74, 6) is -2.04. The molecule has 3 atom stereocenters. The number of Topliss-reactive ketones (excluding diaryl/α,β-unsaturated/α-hetero) is 1. The van der Waals surface area contributed by atoms with Crippen LogP contribution in [0.25, 0.3) is 0 Å². The van der Waals surface area contributed by atoms with E-state index in [1.807, 2.05) is 51.1 Å². The summed E-state index contributed by atoms with van der Waals surface area (Å²) < 4.78 is 26.5. The Morgan fingerprint density at radius 2 is 1.56 bits per heavy atom. The van der Waals surface area contributed by atoms with Crippen molar-refractivity contribution in [2.75, 3.05) is 46.8 Å². The molecule has 41 heavy (non-hydrogen) atoms. The van der Waals surface area contributed by atoms with E-state index in [2.05, 4.69) is 16.0 Å². The first-order valence-corrected chi connectivity index (χ1v) is 14.2. The van der Waals surface area contributed by atoms with Crippen LogP contribution in [0.2, 0.25) is 0 Å². The molecule has 1 fully saturated rings. The molecule has 3 unspecified atom stereocenters. The fraction of sp³-hybridized carbons (Fsp3) is 0.655. The number of ketones is 1. The number of amides is 3. The lowest BCUT2D eigenvalue weighted by Gasteiger charge is -2.24. The van der Waals surface area contributed by atoms with Gasteiger partial charge >= 0.3 is 6.09 Å². The Hall–Kier alpha value is -3.06. The van der Waals surface area contributed by atoms with Crippen LogP contribution in [0.1, 0.15) is 45.6 Å². The second kappa shape index (κ2) is 19.1. The monoisotopic (exact) mass is 579 g/mol. The Labute approximate surface area is 242 Å². The first-order valence-electron chi connectivity index (χ1n) is 14.2. The maximum absolute atomic E-state index is 13.3. The molecular formula is C29H45N3O9. The molecule has 12 heteroatoms. The van der Waals surface area contributed by atoms with Gasteiger partial charge in [-0.1, -0.05) is 44.2 Å². The molecule has 0 heterocycles. The number of hydrogen-bond donors (Lipinski definition) is 3. The molecule has 3 amide bonds. The Bertz CT molecular complexity index is 941. The topological polar surface area (TPSA) is 151 Å². The van der Waals surface area contributed by atoms with E-state index in [0.717, 1.165) is 18.4 Å². The van der Waals surface area contributed by atoms with Crippen LogP contribution in [0.15, 0.2) is 30.3 Å². The van der Waals surface area contributed by atoms with Gasteiger partial charge in [0.2, 0.25) is 18.0 Å². The number of methoxy groups -OCH3 is 1. The number of carbonyl (C=O) groups is 4. The van der Waals surface area contributed by atoms with Crippen molar-refractivity contribution in [3.05, 3.63) is 35.9 Å². The molecule has 0 aliphatic heterocycles. The minimum atomic E-state index is -1.10. The van der Waals surface area contributed by atoms with Crippen LogP contribution in [-0.4, -0.2) is 94.9 Å². The van der Waals surface area contributed by atoms with E-state index in [9.17, 15) is 19.2 Å². The quantitative estimate of drug-likeness (QED) is 0.112. The minimum absolute atomic E-state index is 0.00437. The van der Waals surface area contributed by atoms with Gasteiger partial charge in [0.15, 0.2) is 0 Å². The first-order chi connectivity index (χ1) is 19.7. The zero-order valence-electron chi connectivity index (χ0n) is 24.5. The van der Waals surface area contributed by atoms with Gasteiger partial charge in [-0.25, -0.2) is 4.79 Å².